The molecule has 76 valence electrons. The van der Waals surface area contributed by atoms with E-state index in [-0.39, 0.29) is 18.2 Å². The minimum atomic E-state index is -0.348. The van der Waals surface area contributed by atoms with E-state index in [9.17, 15) is 9.18 Å². The Kier molecular flexibility index (Phi) is 3.45. The summed E-state index contributed by atoms with van der Waals surface area (Å²) in [4.78, 5) is 10.8. The van der Waals surface area contributed by atoms with Gasteiger partial charge in [-0.3, -0.25) is 4.79 Å². The molecule has 0 aliphatic heterocycles. The minimum Gasteiger partial charge on any atom is -0.469 e. The largest absolute Gasteiger partial charge is 0.469 e. The van der Waals surface area contributed by atoms with Crippen molar-refractivity contribution in [3.05, 3.63) is 29.6 Å². The molecule has 0 aromatic heterocycles. The maximum absolute atomic E-state index is 12.8. The molecule has 0 heterocycles. The number of halogens is 1. The molecule has 0 spiro atoms. The number of hydrogen-bond donors (Lipinski definition) is 1. The van der Waals surface area contributed by atoms with Crippen molar-refractivity contribution in [3.8, 4) is 0 Å². The lowest BCUT2D eigenvalue weighted by Crippen LogP contribution is -2.03. The summed E-state index contributed by atoms with van der Waals surface area (Å²) in [6, 6.07) is 4.11. The smallest absolute Gasteiger partial charge is 0.305 e. The van der Waals surface area contributed by atoms with Crippen LogP contribution in [0, 0.1) is 5.82 Å². The Labute approximate surface area is 81.7 Å². The van der Waals surface area contributed by atoms with E-state index in [1.807, 2.05) is 0 Å². The number of esters is 1. The monoisotopic (exact) mass is 197 g/mol. The summed E-state index contributed by atoms with van der Waals surface area (Å²) in [5, 5.41) is 0. The minimum absolute atomic E-state index is 0.212. The fourth-order valence-electron chi connectivity index (χ4n) is 1.13. The third-order valence-corrected chi connectivity index (χ3v) is 1.93. The number of nitrogen functional groups attached to an aromatic ring is 1. The summed E-state index contributed by atoms with van der Waals surface area (Å²) < 4.78 is 17.3. The van der Waals surface area contributed by atoms with Crippen LogP contribution in [0.4, 0.5) is 10.1 Å². The molecule has 2 N–H and O–H groups in total. The molecule has 3 nitrogen and oxygen atoms in total. The van der Waals surface area contributed by atoms with E-state index in [0.717, 1.165) is 0 Å². The van der Waals surface area contributed by atoms with Crippen LogP contribution in [0.15, 0.2) is 18.2 Å². The highest BCUT2D eigenvalue weighted by molar-refractivity contribution is 5.69. The number of carbonyl (C=O) groups excluding carboxylic acids is 1. The Morgan fingerprint density at radius 1 is 1.57 bits per heavy atom. The fraction of sp³-hybridized carbons (Fsp3) is 0.300. The molecule has 1 aromatic rings. The molecule has 0 amide bonds. The molecule has 4 heteroatoms. The second-order valence-electron chi connectivity index (χ2n) is 2.92. The average Bonchev–Trinajstić information content (AvgIpc) is 2.19. The topological polar surface area (TPSA) is 52.3 Å². The van der Waals surface area contributed by atoms with Crippen LogP contribution in [0.25, 0.3) is 0 Å². The highest BCUT2D eigenvalue weighted by Gasteiger charge is 2.05. The third-order valence-electron chi connectivity index (χ3n) is 1.93. The van der Waals surface area contributed by atoms with Crippen LogP contribution in [0.2, 0.25) is 0 Å². The van der Waals surface area contributed by atoms with Gasteiger partial charge in [-0.2, -0.15) is 0 Å². The molecule has 0 unspecified atom stereocenters. The van der Waals surface area contributed by atoms with Gasteiger partial charge in [-0.1, -0.05) is 0 Å². The van der Waals surface area contributed by atoms with Gasteiger partial charge in [-0.25, -0.2) is 4.39 Å². The molecule has 0 radical (unpaired) electrons. The lowest BCUT2D eigenvalue weighted by Gasteiger charge is -2.04. The second kappa shape index (κ2) is 4.60. The molecule has 0 saturated heterocycles. The summed E-state index contributed by atoms with van der Waals surface area (Å²) >= 11 is 0. The number of benzene rings is 1. The van der Waals surface area contributed by atoms with E-state index >= 15 is 0 Å². The van der Waals surface area contributed by atoms with E-state index in [4.69, 9.17) is 5.73 Å². The van der Waals surface area contributed by atoms with Crippen molar-refractivity contribution in [1.29, 1.82) is 0 Å². The van der Waals surface area contributed by atoms with Gasteiger partial charge in [0.2, 0.25) is 0 Å². The van der Waals surface area contributed by atoms with Gasteiger partial charge in [0, 0.05) is 12.1 Å². The summed E-state index contributed by atoms with van der Waals surface area (Å²) in [6.45, 7) is 0. The zero-order valence-corrected chi connectivity index (χ0v) is 7.92. The Balaban J connectivity index is 2.66. The van der Waals surface area contributed by atoms with Crippen molar-refractivity contribution in [2.24, 2.45) is 0 Å². The molecule has 0 bridgehead atoms. The quantitative estimate of drug-likeness (QED) is 0.590. The third kappa shape index (κ3) is 2.73. The zero-order valence-electron chi connectivity index (χ0n) is 7.92. The van der Waals surface area contributed by atoms with Gasteiger partial charge >= 0.3 is 5.97 Å². The normalized spacial score (nSPS) is 9.86. The van der Waals surface area contributed by atoms with Crippen LogP contribution < -0.4 is 5.73 Å². The van der Waals surface area contributed by atoms with Gasteiger partial charge in [-0.05, 0) is 30.2 Å². The number of methoxy groups -OCH3 is 1. The summed E-state index contributed by atoms with van der Waals surface area (Å²) in [5.41, 5.74) is 6.73. The predicted molar refractivity (Wildman–Crippen MR) is 51.1 cm³/mol. The molecular formula is C10H12FNO2. The Morgan fingerprint density at radius 3 is 2.93 bits per heavy atom. The van der Waals surface area contributed by atoms with E-state index in [1.54, 1.807) is 0 Å². The van der Waals surface area contributed by atoms with Gasteiger partial charge < -0.3 is 10.5 Å². The Hall–Kier alpha value is -1.58. The summed E-state index contributed by atoms with van der Waals surface area (Å²) in [7, 11) is 1.32. The van der Waals surface area contributed by atoms with Crippen LogP contribution in [0.1, 0.15) is 12.0 Å². The first-order valence-corrected chi connectivity index (χ1v) is 4.24. The van der Waals surface area contributed by atoms with Crippen molar-refractivity contribution in [2.45, 2.75) is 12.8 Å². The lowest BCUT2D eigenvalue weighted by atomic mass is 10.1. The fourth-order valence-corrected chi connectivity index (χ4v) is 1.13. The summed E-state index contributed by atoms with van der Waals surface area (Å²) in [5.74, 6) is -0.673. The number of aryl methyl sites for hydroxylation is 1. The van der Waals surface area contributed by atoms with Crippen molar-refractivity contribution < 1.29 is 13.9 Å². The van der Waals surface area contributed by atoms with Crippen LogP contribution >= 0.6 is 0 Å². The van der Waals surface area contributed by atoms with Gasteiger partial charge in [0.25, 0.3) is 0 Å². The number of nitrogens with two attached hydrogens (primary N) is 1. The lowest BCUT2D eigenvalue weighted by molar-refractivity contribution is -0.140. The molecule has 0 aliphatic rings. The van der Waals surface area contributed by atoms with Gasteiger partial charge in [-0.15, -0.1) is 0 Å². The first kappa shape index (κ1) is 10.5. The summed E-state index contributed by atoms with van der Waals surface area (Å²) in [6.07, 6.45) is 0.612. The van der Waals surface area contributed by atoms with Crippen LogP contribution in [0.5, 0.6) is 0 Å². The van der Waals surface area contributed by atoms with Gasteiger partial charge in [0.1, 0.15) is 5.82 Å². The van der Waals surface area contributed by atoms with Crippen molar-refractivity contribution in [3.63, 3.8) is 0 Å². The molecule has 0 fully saturated rings. The highest BCUT2D eigenvalue weighted by atomic mass is 19.1. The maximum Gasteiger partial charge on any atom is 0.305 e. The average molecular weight is 197 g/mol. The van der Waals surface area contributed by atoms with E-state index in [1.165, 1.54) is 25.3 Å². The Bertz CT molecular complexity index is 339. The van der Waals surface area contributed by atoms with Crippen molar-refractivity contribution in [2.75, 3.05) is 12.8 Å². The van der Waals surface area contributed by atoms with Crippen molar-refractivity contribution >= 4 is 11.7 Å². The van der Waals surface area contributed by atoms with Crippen LogP contribution in [0.3, 0.4) is 0 Å². The van der Waals surface area contributed by atoms with Crippen molar-refractivity contribution in [1.82, 2.24) is 0 Å². The molecule has 1 aromatic carbocycles. The maximum atomic E-state index is 12.8. The molecule has 0 aliphatic carbocycles. The van der Waals surface area contributed by atoms with E-state index in [0.29, 0.717) is 17.7 Å². The Morgan fingerprint density at radius 2 is 2.29 bits per heavy atom. The number of ether oxygens (including phenoxy) is 1. The molecule has 1 rings (SSSR count). The predicted octanol–water partition coefficient (Wildman–Crippen LogP) is 1.51. The molecule has 0 saturated carbocycles. The first-order valence-electron chi connectivity index (χ1n) is 4.24. The van der Waals surface area contributed by atoms with Crippen LogP contribution in [-0.4, -0.2) is 13.1 Å². The molecule has 0 atom stereocenters. The number of anilines is 1. The number of hydrogen-bond acceptors (Lipinski definition) is 3. The first-order chi connectivity index (χ1) is 6.63. The standard InChI is InChI=1S/C10H12FNO2/c1-14-10(13)5-2-7-6-8(11)3-4-9(7)12/h3-4,6H,2,5,12H2,1H3. The van der Waals surface area contributed by atoms with E-state index in [2.05, 4.69) is 4.74 Å². The zero-order chi connectivity index (χ0) is 10.6. The SMILES string of the molecule is COC(=O)CCc1cc(F)ccc1N. The highest BCUT2D eigenvalue weighted by Crippen LogP contribution is 2.15. The number of carbonyl (C=O) groups is 1. The van der Waals surface area contributed by atoms with Gasteiger partial charge in [0.05, 0.1) is 7.11 Å². The van der Waals surface area contributed by atoms with Crippen LogP contribution in [-0.2, 0) is 16.0 Å². The second-order valence-corrected chi connectivity index (χ2v) is 2.92. The number of rotatable bonds is 3. The van der Waals surface area contributed by atoms with E-state index < -0.39 is 0 Å². The molecular weight excluding hydrogens is 185 g/mol. The molecule has 14 heavy (non-hydrogen) atoms. The van der Waals surface area contributed by atoms with Gasteiger partial charge in [0.15, 0.2) is 0 Å².